The van der Waals surface area contributed by atoms with E-state index in [4.69, 9.17) is 0 Å². The van der Waals surface area contributed by atoms with Crippen molar-refractivity contribution in [3.05, 3.63) is 83.7 Å². The summed E-state index contributed by atoms with van der Waals surface area (Å²) in [6.45, 7) is 6.42. The van der Waals surface area contributed by atoms with Crippen LogP contribution < -0.4 is 10.6 Å². The number of amides is 1. The minimum Gasteiger partial charge on any atom is -0.354 e. The molecule has 3 rings (SSSR count). The highest BCUT2D eigenvalue weighted by molar-refractivity contribution is 6.04. The minimum absolute atomic E-state index is 0.0556. The third kappa shape index (κ3) is 4.52. The number of para-hydroxylation sites is 1. The average Bonchev–Trinajstić information content (AvgIpc) is 2.64. The van der Waals surface area contributed by atoms with Crippen molar-refractivity contribution in [2.24, 2.45) is 0 Å². The van der Waals surface area contributed by atoms with E-state index in [1.807, 2.05) is 24.3 Å². The van der Waals surface area contributed by atoms with Gasteiger partial charge in [0.1, 0.15) is 17.3 Å². The highest BCUT2D eigenvalue weighted by Gasteiger charge is 2.15. The zero-order valence-corrected chi connectivity index (χ0v) is 15.9. The first kappa shape index (κ1) is 19.5. The maximum Gasteiger partial charge on any atom is 0.257 e. The lowest BCUT2D eigenvalue weighted by atomic mass is 9.87. The van der Waals surface area contributed by atoms with Gasteiger partial charge >= 0.3 is 0 Å². The number of pyridine rings is 1. The van der Waals surface area contributed by atoms with Crippen LogP contribution in [0.1, 0.15) is 36.7 Å². The number of halogens is 2. The van der Waals surface area contributed by atoms with Gasteiger partial charge in [0.2, 0.25) is 0 Å². The van der Waals surface area contributed by atoms with Crippen LogP contribution in [0.25, 0.3) is 0 Å². The van der Waals surface area contributed by atoms with E-state index in [1.165, 1.54) is 17.8 Å². The molecule has 0 atom stereocenters. The lowest BCUT2D eigenvalue weighted by Crippen LogP contribution is -2.14. The molecule has 28 heavy (non-hydrogen) atoms. The highest BCUT2D eigenvalue weighted by atomic mass is 19.1. The van der Waals surface area contributed by atoms with Gasteiger partial charge in [0.25, 0.3) is 5.91 Å². The number of hydrogen-bond acceptors (Lipinski definition) is 3. The number of rotatable bonds is 4. The van der Waals surface area contributed by atoms with Crippen LogP contribution in [0.4, 0.5) is 25.8 Å². The maximum atomic E-state index is 13.7. The Bertz CT molecular complexity index is 975. The monoisotopic (exact) mass is 381 g/mol. The van der Waals surface area contributed by atoms with E-state index < -0.39 is 23.2 Å². The molecule has 1 aromatic heterocycles. The van der Waals surface area contributed by atoms with Crippen molar-refractivity contribution in [1.29, 1.82) is 0 Å². The van der Waals surface area contributed by atoms with Crippen molar-refractivity contribution < 1.29 is 13.6 Å². The Hall–Kier alpha value is -3.28. The Kier molecular flexibility index (Phi) is 5.40. The molecule has 0 bridgehead atoms. The topological polar surface area (TPSA) is 54.0 Å². The van der Waals surface area contributed by atoms with Crippen molar-refractivity contribution >= 4 is 23.0 Å². The first-order chi connectivity index (χ1) is 13.2. The molecular weight excluding hydrogens is 360 g/mol. The smallest absolute Gasteiger partial charge is 0.257 e. The third-order valence-corrected chi connectivity index (χ3v) is 4.24. The zero-order chi connectivity index (χ0) is 20.3. The predicted octanol–water partition coefficient (Wildman–Crippen LogP) is 5.65. The molecule has 0 unspecified atom stereocenters. The van der Waals surface area contributed by atoms with Gasteiger partial charge in [-0.15, -0.1) is 0 Å². The van der Waals surface area contributed by atoms with E-state index in [9.17, 15) is 13.6 Å². The normalized spacial score (nSPS) is 11.2. The second-order valence-corrected chi connectivity index (χ2v) is 7.47. The fraction of sp³-hybridized carbons (Fsp3) is 0.182. The molecule has 0 saturated carbocycles. The Labute approximate surface area is 162 Å². The molecule has 0 radical (unpaired) electrons. The van der Waals surface area contributed by atoms with Crippen LogP contribution >= 0.6 is 0 Å². The van der Waals surface area contributed by atoms with Crippen LogP contribution in [0.3, 0.4) is 0 Å². The minimum atomic E-state index is -0.838. The van der Waals surface area contributed by atoms with Gasteiger partial charge < -0.3 is 10.6 Å². The highest BCUT2D eigenvalue weighted by Crippen LogP contribution is 2.25. The summed E-state index contributed by atoms with van der Waals surface area (Å²) in [4.78, 5) is 16.4. The number of hydrogen-bond donors (Lipinski definition) is 2. The number of anilines is 3. The largest absolute Gasteiger partial charge is 0.354 e. The SMILES string of the molecule is CC(C)(C)c1ccc(Nc2cncc(C(=O)Nc3c(F)cccc3F)c2)cc1. The number of carbonyl (C=O) groups excluding carboxylic acids is 1. The van der Waals surface area contributed by atoms with E-state index in [0.717, 1.165) is 17.8 Å². The summed E-state index contributed by atoms with van der Waals surface area (Å²) in [7, 11) is 0. The van der Waals surface area contributed by atoms with Crippen LogP contribution in [-0.2, 0) is 5.41 Å². The fourth-order valence-electron chi connectivity index (χ4n) is 2.66. The van der Waals surface area contributed by atoms with Gasteiger partial charge in [0.05, 0.1) is 17.4 Å². The van der Waals surface area contributed by atoms with Crippen LogP contribution in [0.2, 0.25) is 0 Å². The van der Waals surface area contributed by atoms with Gasteiger partial charge in [-0.25, -0.2) is 8.78 Å². The summed E-state index contributed by atoms with van der Waals surface area (Å²) in [6, 6.07) is 12.9. The van der Waals surface area contributed by atoms with Crippen molar-refractivity contribution in [2.45, 2.75) is 26.2 Å². The molecule has 144 valence electrons. The van der Waals surface area contributed by atoms with Gasteiger partial charge in [-0.05, 0) is 41.3 Å². The third-order valence-electron chi connectivity index (χ3n) is 4.24. The molecule has 0 saturated heterocycles. The molecule has 1 amide bonds. The molecule has 0 aliphatic carbocycles. The lowest BCUT2D eigenvalue weighted by Gasteiger charge is -2.19. The molecule has 0 aliphatic heterocycles. The first-order valence-corrected chi connectivity index (χ1v) is 8.82. The predicted molar refractivity (Wildman–Crippen MR) is 107 cm³/mol. The molecule has 3 aromatic rings. The molecule has 0 spiro atoms. The lowest BCUT2D eigenvalue weighted by molar-refractivity contribution is 0.102. The van der Waals surface area contributed by atoms with Crippen molar-refractivity contribution in [3.8, 4) is 0 Å². The molecule has 0 aliphatic rings. The fourth-order valence-corrected chi connectivity index (χ4v) is 2.66. The van der Waals surface area contributed by atoms with E-state index in [2.05, 4.69) is 36.4 Å². The van der Waals surface area contributed by atoms with E-state index in [0.29, 0.717) is 5.69 Å². The van der Waals surface area contributed by atoms with Crippen LogP contribution in [0.15, 0.2) is 60.9 Å². The van der Waals surface area contributed by atoms with Gasteiger partial charge in [-0.1, -0.05) is 39.0 Å². The van der Waals surface area contributed by atoms with Gasteiger partial charge in [0, 0.05) is 11.9 Å². The zero-order valence-electron chi connectivity index (χ0n) is 15.9. The van der Waals surface area contributed by atoms with E-state index in [-0.39, 0.29) is 11.0 Å². The van der Waals surface area contributed by atoms with Crippen LogP contribution in [0.5, 0.6) is 0 Å². The molecule has 2 aromatic carbocycles. The van der Waals surface area contributed by atoms with Gasteiger partial charge in [0.15, 0.2) is 0 Å². The Morgan fingerprint density at radius 2 is 1.57 bits per heavy atom. The quantitative estimate of drug-likeness (QED) is 0.614. The Balaban J connectivity index is 1.76. The van der Waals surface area contributed by atoms with Crippen LogP contribution in [0, 0.1) is 11.6 Å². The Morgan fingerprint density at radius 1 is 0.929 bits per heavy atom. The standard InChI is InChI=1S/C22H21F2N3O/c1-22(2,3)15-7-9-16(10-8-15)26-17-11-14(12-25-13-17)21(28)27-20-18(23)5-4-6-19(20)24/h4-13,26H,1-3H3,(H,27,28). The second-order valence-electron chi connectivity index (χ2n) is 7.47. The summed E-state index contributed by atoms with van der Waals surface area (Å²) >= 11 is 0. The maximum absolute atomic E-state index is 13.7. The number of carbonyl (C=O) groups is 1. The summed E-state index contributed by atoms with van der Waals surface area (Å²) < 4.78 is 27.5. The number of nitrogens with zero attached hydrogens (tertiary/aromatic N) is 1. The summed E-state index contributed by atoms with van der Waals surface area (Å²) in [5.74, 6) is -2.33. The number of nitrogens with one attached hydrogen (secondary N) is 2. The molecular formula is C22H21F2N3O. The summed E-state index contributed by atoms with van der Waals surface area (Å²) in [6.07, 6.45) is 2.90. The van der Waals surface area contributed by atoms with Crippen molar-refractivity contribution in [1.82, 2.24) is 4.98 Å². The van der Waals surface area contributed by atoms with E-state index >= 15 is 0 Å². The number of benzene rings is 2. The molecule has 4 nitrogen and oxygen atoms in total. The summed E-state index contributed by atoms with van der Waals surface area (Å²) in [5.41, 5.74) is 2.39. The molecule has 6 heteroatoms. The van der Waals surface area contributed by atoms with Crippen LogP contribution in [-0.4, -0.2) is 10.9 Å². The molecule has 1 heterocycles. The van der Waals surface area contributed by atoms with Crippen molar-refractivity contribution in [2.75, 3.05) is 10.6 Å². The van der Waals surface area contributed by atoms with E-state index in [1.54, 1.807) is 12.3 Å². The Morgan fingerprint density at radius 3 is 2.18 bits per heavy atom. The average molecular weight is 381 g/mol. The van der Waals surface area contributed by atoms with Gasteiger partial charge in [-0.2, -0.15) is 0 Å². The van der Waals surface area contributed by atoms with Gasteiger partial charge in [-0.3, -0.25) is 9.78 Å². The number of aromatic nitrogens is 1. The summed E-state index contributed by atoms with van der Waals surface area (Å²) in [5, 5.41) is 5.43. The molecule has 2 N–H and O–H groups in total. The molecule has 0 fully saturated rings. The first-order valence-electron chi connectivity index (χ1n) is 8.82. The van der Waals surface area contributed by atoms with Crippen molar-refractivity contribution in [3.63, 3.8) is 0 Å². The second kappa shape index (κ2) is 7.76.